The number of hydrogen-bond donors (Lipinski definition) is 2. The summed E-state index contributed by atoms with van der Waals surface area (Å²) in [6.07, 6.45) is 34.3. The van der Waals surface area contributed by atoms with Crippen LogP contribution in [0.4, 0.5) is 0 Å². The number of unbranched alkanes of at least 4 members (excludes halogenated alkanes) is 14. The fourth-order valence-electron chi connectivity index (χ4n) is 6.66. The summed E-state index contributed by atoms with van der Waals surface area (Å²) < 4.78 is 34.2. The molecule has 0 aromatic heterocycles. The number of phosphoric acid groups is 1. The third-order valence-corrected chi connectivity index (χ3v) is 11.3. The van der Waals surface area contributed by atoms with Gasteiger partial charge in [0.25, 0.3) is 7.82 Å². The molecule has 6 atom stereocenters. The zero-order valence-corrected chi connectivity index (χ0v) is 37.8. The lowest BCUT2D eigenvalue weighted by atomic mass is 9.90. The van der Waals surface area contributed by atoms with Crippen molar-refractivity contribution in [2.75, 3.05) is 47.5 Å². The van der Waals surface area contributed by atoms with Gasteiger partial charge in [-0.25, -0.2) is 0 Å². The molecule has 0 radical (unpaired) electrons. The lowest BCUT2D eigenvalue weighted by Gasteiger charge is -2.28. The first-order chi connectivity index (χ1) is 27.8. The molecule has 1 rings (SSSR count). The van der Waals surface area contributed by atoms with E-state index in [1.165, 1.54) is 64.2 Å². The largest absolute Gasteiger partial charge is 0.756 e. The number of likely N-dealkylation sites (N-methyl/N-ethyl adjacent to an activating group) is 1. The van der Waals surface area contributed by atoms with Gasteiger partial charge in [-0.2, -0.15) is 0 Å². The third kappa shape index (κ3) is 30.0. The molecule has 1 aliphatic rings. The Morgan fingerprint density at radius 2 is 1.41 bits per heavy atom. The lowest BCUT2D eigenvalue weighted by Crippen LogP contribution is -2.37. The predicted octanol–water partition coefficient (Wildman–Crippen LogP) is 9.46. The molecule has 0 amide bonds. The van der Waals surface area contributed by atoms with Crippen LogP contribution in [0.5, 0.6) is 0 Å². The van der Waals surface area contributed by atoms with Crippen LogP contribution in [0.1, 0.15) is 155 Å². The standard InChI is InChI=1S/C46H82NO10P/c1-6-8-10-11-12-13-14-15-16-17-18-19-20-21-24-28-35-54-38-41(39-56-58(52,53)55-36-34-47(3,4)5)57-46(51)31-27-23-22-26-30-42-43(45(50)37-44(42)49)33-32-40(48)29-25-9-7-2/h13-14,22,26,28,32-33,35,40-44,48-49H,6-12,15-21,23-25,27,29-31,34,36-39H2,1-5H3/b14-13-,26-22-,33-32+,35-28+/t40-,41+,42+,43+,44-/m0/s1. The molecule has 12 heteroatoms. The average molecular weight is 840 g/mol. The normalized spacial score (nSPS) is 19.9. The zero-order chi connectivity index (χ0) is 42.9. The minimum Gasteiger partial charge on any atom is -0.756 e. The van der Waals surface area contributed by atoms with Gasteiger partial charge in [0.05, 0.1) is 46.2 Å². The number of carbonyl (C=O) groups is 2. The highest BCUT2D eigenvalue weighted by Crippen LogP contribution is 2.38. The molecule has 0 aromatic carbocycles. The van der Waals surface area contributed by atoms with Crippen molar-refractivity contribution in [1.82, 2.24) is 0 Å². The first kappa shape index (κ1) is 53.9. The number of ether oxygens (including phenoxy) is 2. The quantitative estimate of drug-likeness (QED) is 0.0155. The third-order valence-electron chi connectivity index (χ3n) is 10.3. The molecule has 2 N–H and O–H groups in total. The first-order valence-corrected chi connectivity index (χ1v) is 24.0. The maximum atomic E-state index is 12.8. The smallest absolute Gasteiger partial charge is 0.306 e. The lowest BCUT2D eigenvalue weighted by molar-refractivity contribution is -0.870. The van der Waals surface area contributed by atoms with E-state index < -0.39 is 44.6 Å². The number of carbonyl (C=O) groups excluding carboxylic acids is 2. The van der Waals surface area contributed by atoms with Gasteiger partial charge >= 0.3 is 5.97 Å². The van der Waals surface area contributed by atoms with Crippen LogP contribution < -0.4 is 4.89 Å². The molecule has 1 saturated carbocycles. The van der Waals surface area contributed by atoms with Gasteiger partial charge in [-0.15, -0.1) is 0 Å². The highest BCUT2D eigenvalue weighted by molar-refractivity contribution is 7.45. The van der Waals surface area contributed by atoms with Crippen molar-refractivity contribution in [2.24, 2.45) is 11.8 Å². The van der Waals surface area contributed by atoms with Gasteiger partial charge in [0.15, 0.2) is 6.10 Å². The summed E-state index contributed by atoms with van der Waals surface area (Å²) in [5.41, 5.74) is 0. The van der Waals surface area contributed by atoms with Crippen molar-refractivity contribution in [1.29, 1.82) is 0 Å². The zero-order valence-electron chi connectivity index (χ0n) is 36.9. The summed E-state index contributed by atoms with van der Waals surface area (Å²) in [6.45, 7) is 4.29. The van der Waals surface area contributed by atoms with E-state index in [4.69, 9.17) is 18.5 Å². The average Bonchev–Trinajstić information content (AvgIpc) is 3.43. The summed E-state index contributed by atoms with van der Waals surface area (Å²) in [5, 5.41) is 20.8. The Hall–Kier alpha value is -2.11. The Bertz CT molecular complexity index is 1230. The van der Waals surface area contributed by atoms with E-state index in [2.05, 4.69) is 26.0 Å². The number of ketones is 1. The molecular weight excluding hydrogens is 757 g/mol. The van der Waals surface area contributed by atoms with E-state index in [9.17, 15) is 29.3 Å². The van der Waals surface area contributed by atoms with Gasteiger partial charge in [0.1, 0.15) is 25.5 Å². The summed E-state index contributed by atoms with van der Waals surface area (Å²) >= 11 is 0. The van der Waals surface area contributed by atoms with Gasteiger partial charge in [-0.3, -0.25) is 14.2 Å². The maximum absolute atomic E-state index is 12.8. The Balaban J connectivity index is 2.49. The Labute approximate surface area is 352 Å². The Morgan fingerprint density at radius 1 is 0.828 bits per heavy atom. The van der Waals surface area contributed by atoms with E-state index in [1.54, 1.807) is 18.4 Å². The molecule has 0 spiro atoms. The fourth-order valence-corrected chi connectivity index (χ4v) is 7.39. The van der Waals surface area contributed by atoms with E-state index in [0.717, 1.165) is 38.5 Å². The molecule has 1 fully saturated rings. The first-order valence-electron chi connectivity index (χ1n) is 22.5. The molecule has 0 aliphatic heterocycles. The van der Waals surface area contributed by atoms with E-state index in [0.29, 0.717) is 36.7 Å². The number of allylic oxidation sites excluding steroid dienone is 6. The number of rotatable bonds is 37. The van der Waals surface area contributed by atoms with Gasteiger partial charge in [0.2, 0.25) is 0 Å². The monoisotopic (exact) mass is 840 g/mol. The van der Waals surface area contributed by atoms with Crippen LogP contribution in [0.2, 0.25) is 0 Å². The van der Waals surface area contributed by atoms with Gasteiger partial charge in [-0.1, -0.05) is 115 Å². The number of phosphoric ester groups is 1. The molecule has 11 nitrogen and oxygen atoms in total. The van der Waals surface area contributed by atoms with E-state index in [-0.39, 0.29) is 37.8 Å². The number of Topliss-reactive ketones (excluding diaryl/α,β-unsaturated/α-hetero) is 1. The van der Waals surface area contributed by atoms with Crippen molar-refractivity contribution in [3.05, 3.63) is 48.8 Å². The minimum atomic E-state index is -4.62. The second-order valence-electron chi connectivity index (χ2n) is 16.9. The molecular formula is C46H82NO10P. The minimum absolute atomic E-state index is 0.0175. The van der Waals surface area contributed by atoms with Crippen LogP contribution in [0.25, 0.3) is 0 Å². The molecule has 1 aliphatic carbocycles. The van der Waals surface area contributed by atoms with Crippen LogP contribution in [0, 0.1) is 11.8 Å². The molecule has 58 heavy (non-hydrogen) atoms. The van der Waals surface area contributed by atoms with Crippen molar-refractivity contribution >= 4 is 19.6 Å². The number of aliphatic hydroxyl groups is 2. The number of esters is 1. The number of aliphatic hydroxyl groups excluding tert-OH is 2. The van der Waals surface area contributed by atoms with Gasteiger partial charge in [-0.05, 0) is 70.3 Å². The van der Waals surface area contributed by atoms with Crippen molar-refractivity contribution < 1.29 is 52.3 Å². The highest BCUT2D eigenvalue weighted by atomic mass is 31.2. The number of nitrogens with zero attached hydrogens (tertiary/aromatic N) is 1. The molecule has 336 valence electrons. The van der Waals surface area contributed by atoms with E-state index >= 15 is 0 Å². The highest BCUT2D eigenvalue weighted by Gasteiger charge is 2.39. The maximum Gasteiger partial charge on any atom is 0.306 e. The second-order valence-corrected chi connectivity index (χ2v) is 18.3. The fraction of sp³-hybridized carbons (Fsp3) is 0.783. The van der Waals surface area contributed by atoms with Crippen LogP contribution in [-0.2, 0) is 32.7 Å². The molecule has 0 aromatic rings. The molecule has 0 heterocycles. The van der Waals surface area contributed by atoms with Crippen LogP contribution in [0.3, 0.4) is 0 Å². The van der Waals surface area contributed by atoms with Crippen molar-refractivity contribution in [3.63, 3.8) is 0 Å². The summed E-state index contributed by atoms with van der Waals surface area (Å²) in [4.78, 5) is 37.7. The van der Waals surface area contributed by atoms with E-state index in [1.807, 2.05) is 39.4 Å². The van der Waals surface area contributed by atoms with Crippen LogP contribution >= 0.6 is 7.82 Å². The Kier molecular flexibility index (Phi) is 31.2. The SMILES string of the molecule is CCCCCC/C=C\CCCCCCCC/C=C/OC[C@H](COP(=O)([O-])OCC[N+](C)(C)C)OC(=O)CCC/C=C\C[C@H]1[C@@H](O)CC(=O)[C@@H]1/C=C/[C@@H](O)CCCCC. The molecule has 1 unspecified atom stereocenters. The van der Waals surface area contributed by atoms with Crippen LogP contribution in [0.15, 0.2) is 48.8 Å². The predicted molar refractivity (Wildman–Crippen MR) is 232 cm³/mol. The summed E-state index contributed by atoms with van der Waals surface area (Å²) in [6, 6.07) is 0. The molecule has 0 saturated heterocycles. The second kappa shape index (κ2) is 33.6. The van der Waals surface area contributed by atoms with Crippen molar-refractivity contribution in [3.8, 4) is 0 Å². The van der Waals surface area contributed by atoms with Gasteiger partial charge in [0, 0.05) is 24.7 Å². The number of quaternary nitrogens is 1. The van der Waals surface area contributed by atoms with Crippen LogP contribution in [-0.4, -0.2) is 92.3 Å². The van der Waals surface area contributed by atoms with Crippen molar-refractivity contribution in [2.45, 2.75) is 173 Å². The topological polar surface area (TPSA) is 152 Å². The van der Waals surface area contributed by atoms with Gasteiger partial charge < -0.3 is 38.1 Å². The summed E-state index contributed by atoms with van der Waals surface area (Å²) in [5.74, 6) is -1.20. The Morgan fingerprint density at radius 3 is 2.07 bits per heavy atom. The number of hydrogen-bond acceptors (Lipinski definition) is 10. The summed E-state index contributed by atoms with van der Waals surface area (Å²) in [7, 11) is 1.15. The molecule has 0 bridgehead atoms.